The van der Waals surface area contributed by atoms with Crippen LogP contribution in [0.25, 0.3) is 0 Å². The van der Waals surface area contributed by atoms with Gasteiger partial charge in [-0.15, -0.1) is 0 Å². The number of carbonyl (C=O) groups excluding carboxylic acids is 2. The molecule has 0 saturated carbocycles. The van der Waals surface area contributed by atoms with Gasteiger partial charge in [0.1, 0.15) is 6.29 Å². The summed E-state index contributed by atoms with van der Waals surface area (Å²) in [5, 5.41) is 0. The van der Waals surface area contributed by atoms with Crippen LogP contribution in [-0.2, 0) is 20.6 Å². The van der Waals surface area contributed by atoms with Crippen molar-refractivity contribution in [3.63, 3.8) is 0 Å². The summed E-state index contributed by atoms with van der Waals surface area (Å²) in [6, 6.07) is 5.53. The van der Waals surface area contributed by atoms with E-state index in [9.17, 15) is 13.8 Å². The first-order chi connectivity index (χ1) is 7.65. The van der Waals surface area contributed by atoms with E-state index in [2.05, 4.69) is 0 Å². The summed E-state index contributed by atoms with van der Waals surface area (Å²) >= 11 is -2.06. The molecule has 1 atom stereocenters. The van der Waals surface area contributed by atoms with Crippen LogP contribution in [0.3, 0.4) is 0 Å². The van der Waals surface area contributed by atoms with Crippen molar-refractivity contribution in [2.24, 2.45) is 0 Å². The summed E-state index contributed by atoms with van der Waals surface area (Å²) in [4.78, 5) is 21.5. The Kier molecular flexibility index (Phi) is 4.81. The van der Waals surface area contributed by atoms with Crippen molar-refractivity contribution >= 4 is 23.3 Å². The fourth-order valence-corrected chi connectivity index (χ4v) is 1.36. The molecule has 0 radical (unpaired) electrons. The maximum absolute atomic E-state index is 11.3. The summed E-state index contributed by atoms with van der Waals surface area (Å²) < 4.78 is 24.2. The number of hydrogen-bond donors (Lipinski definition) is 1. The molecule has 0 bridgehead atoms. The number of hydrogen-bond acceptors (Lipinski definition) is 4. The monoisotopic (exact) mass is 242 g/mol. The molecule has 5 nitrogen and oxygen atoms in total. The SMILES string of the molecule is O=CCCOC(=O)c1ccc(S(=O)O)cc1. The van der Waals surface area contributed by atoms with Gasteiger partial charge in [0.15, 0.2) is 11.1 Å². The topological polar surface area (TPSA) is 80.7 Å². The molecule has 1 N–H and O–H groups in total. The van der Waals surface area contributed by atoms with Gasteiger partial charge in [0.05, 0.1) is 17.1 Å². The number of rotatable bonds is 5. The van der Waals surface area contributed by atoms with E-state index in [0.717, 1.165) is 0 Å². The average molecular weight is 242 g/mol. The second-order valence-electron chi connectivity index (χ2n) is 2.86. The first-order valence-corrected chi connectivity index (χ1v) is 5.57. The van der Waals surface area contributed by atoms with E-state index < -0.39 is 17.0 Å². The molecule has 0 aliphatic heterocycles. The van der Waals surface area contributed by atoms with Crippen LogP contribution in [0.15, 0.2) is 29.2 Å². The van der Waals surface area contributed by atoms with Crippen LogP contribution in [0.5, 0.6) is 0 Å². The largest absolute Gasteiger partial charge is 0.462 e. The van der Waals surface area contributed by atoms with E-state index in [0.29, 0.717) is 6.29 Å². The first kappa shape index (κ1) is 12.5. The third-order valence-electron chi connectivity index (χ3n) is 1.76. The van der Waals surface area contributed by atoms with E-state index >= 15 is 0 Å². The molecule has 1 aromatic rings. The van der Waals surface area contributed by atoms with Crippen LogP contribution in [0.2, 0.25) is 0 Å². The molecule has 0 saturated heterocycles. The molecular formula is C10H10O5S. The van der Waals surface area contributed by atoms with Crippen molar-refractivity contribution in [2.45, 2.75) is 11.3 Å². The molecule has 0 aromatic heterocycles. The highest BCUT2D eigenvalue weighted by Gasteiger charge is 2.07. The molecule has 0 aliphatic carbocycles. The minimum Gasteiger partial charge on any atom is -0.462 e. The van der Waals surface area contributed by atoms with Crippen LogP contribution in [-0.4, -0.2) is 27.6 Å². The highest BCUT2D eigenvalue weighted by atomic mass is 32.2. The van der Waals surface area contributed by atoms with Gasteiger partial charge in [0, 0.05) is 6.42 Å². The predicted octanol–water partition coefficient (Wildman–Crippen LogP) is 1.01. The lowest BCUT2D eigenvalue weighted by Crippen LogP contribution is -2.06. The Morgan fingerprint density at radius 1 is 1.38 bits per heavy atom. The van der Waals surface area contributed by atoms with Gasteiger partial charge in [-0.3, -0.25) is 0 Å². The Hall–Kier alpha value is -1.53. The van der Waals surface area contributed by atoms with Crippen LogP contribution in [0.4, 0.5) is 0 Å². The first-order valence-electron chi connectivity index (χ1n) is 4.47. The van der Waals surface area contributed by atoms with Gasteiger partial charge in [-0.2, -0.15) is 0 Å². The molecule has 0 fully saturated rings. The third-order valence-corrected chi connectivity index (χ3v) is 2.44. The number of carbonyl (C=O) groups is 2. The summed E-state index contributed by atoms with van der Waals surface area (Å²) in [6.45, 7) is 0.0377. The standard InChI is InChI=1S/C10H10O5S/c11-6-1-7-15-10(12)8-2-4-9(5-3-8)16(13)14/h2-6H,1,7H2,(H,13,14). The van der Waals surface area contributed by atoms with Gasteiger partial charge in [0.2, 0.25) is 0 Å². The van der Waals surface area contributed by atoms with Gasteiger partial charge in [-0.1, -0.05) is 0 Å². The van der Waals surface area contributed by atoms with Crippen molar-refractivity contribution in [3.8, 4) is 0 Å². The highest BCUT2D eigenvalue weighted by molar-refractivity contribution is 7.79. The summed E-state index contributed by atoms with van der Waals surface area (Å²) in [5.74, 6) is -0.558. The lowest BCUT2D eigenvalue weighted by Gasteiger charge is -2.02. The lowest BCUT2D eigenvalue weighted by molar-refractivity contribution is -0.108. The number of esters is 1. The Balaban J connectivity index is 2.63. The van der Waals surface area contributed by atoms with Gasteiger partial charge in [0.25, 0.3) is 0 Å². The molecule has 16 heavy (non-hydrogen) atoms. The molecule has 0 aliphatic rings. The summed E-state index contributed by atoms with van der Waals surface area (Å²) in [5.41, 5.74) is 0.278. The van der Waals surface area contributed by atoms with Crippen LogP contribution < -0.4 is 0 Å². The Bertz CT molecular complexity index is 398. The van der Waals surface area contributed by atoms with Gasteiger partial charge in [-0.25, -0.2) is 9.00 Å². The minimum absolute atomic E-state index is 0.0377. The molecule has 6 heteroatoms. The molecule has 86 valence electrons. The molecule has 1 aromatic carbocycles. The van der Waals surface area contributed by atoms with Crippen molar-refractivity contribution in [2.75, 3.05) is 6.61 Å². The average Bonchev–Trinajstić information content (AvgIpc) is 2.29. The van der Waals surface area contributed by atoms with Gasteiger partial charge < -0.3 is 14.1 Å². The minimum atomic E-state index is -2.06. The Morgan fingerprint density at radius 2 is 2.00 bits per heavy atom. The molecule has 0 spiro atoms. The van der Waals surface area contributed by atoms with Gasteiger partial charge in [-0.05, 0) is 24.3 Å². The lowest BCUT2D eigenvalue weighted by atomic mass is 10.2. The van der Waals surface area contributed by atoms with Crippen molar-refractivity contribution in [3.05, 3.63) is 29.8 Å². The second-order valence-corrected chi connectivity index (χ2v) is 3.83. The molecule has 1 rings (SSSR count). The summed E-state index contributed by atoms with van der Waals surface area (Å²) in [6.07, 6.45) is 0.815. The van der Waals surface area contributed by atoms with Crippen molar-refractivity contribution in [1.29, 1.82) is 0 Å². The molecule has 1 unspecified atom stereocenters. The fraction of sp³-hybridized carbons (Fsp3) is 0.200. The third kappa shape index (κ3) is 3.56. The van der Waals surface area contributed by atoms with E-state index in [1.54, 1.807) is 0 Å². The van der Waals surface area contributed by atoms with Crippen LogP contribution >= 0.6 is 0 Å². The normalized spacial score (nSPS) is 11.8. The molecule has 0 heterocycles. The number of benzene rings is 1. The van der Waals surface area contributed by atoms with E-state index in [4.69, 9.17) is 9.29 Å². The van der Waals surface area contributed by atoms with Crippen LogP contribution in [0, 0.1) is 0 Å². The second kappa shape index (κ2) is 6.14. The zero-order valence-electron chi connectivity index (χ0n) is 8.29. The number of aldehydes is 1. The molecule has 0 amide bonds. The van der Waals surface area contributed by atoms with Gasteiger partial charge >= 0.3 is 5.97 Å². The fourth-order valence-electron chi connectivity index (χ4n) is 0.991. The maximum atomic E-state index is 11.3. The number of ether oxygens (including phenoxy) is 1. The van der Waals surface area contributed by atoms with E-state index in [1.807, 2.05) is 0 Å². The molecular weight excluding hydrogens is 232 g/mol. The van der Waals surface area contributed by atoms with E-state index in [1.165, 1.54) is 24.3 Å². The van der Waals surface area contributed by atoms with Crippen LogP contribution in [0.1, 0.15) is 16.8 Å². The zero-order valence-corrected chi connectivity index (χ0v) is 9.11. The summed E-state index contributed by atoms with van der Waals surface area (Å²) in [7, 11) is 0. The highest BCUT2D eigenvalue weighted by Crippen LogP contribution is 2.08. The maximum Gasteiger partial charge on any atom is 0.338 e. The van der Waals surface area contributed by atoms with Crippen molar-refractivity contribution in [1.82, 2.24) is 0 Å². The Morgan fingerprint density at radius 3 is 2.50 bits per heavy atom. The Labute approximate surface area is 94.7 Å². The smallest absolute Gasteiger partial charge is 0.338 e. The quantitative estimate of drug-likeness (QED) is 0.361. The predicted molar refractivity (Wildman–Crippen MR) is 56.4 cm³/mol. The van der Waals surface area contributed by atoms with E-state index in [-0.39, 0.29) is 23.5 Å². The van der Waals surface area contributed by atoms with Crippen molar-refractivity contribution < 1.29 is 23.1 Å². The zero-order chi connectivity index (χ0) is 12.0.